The summed E-state index contributed by atoms with van der Waals surface area (Å²) in [5.41, 5.74) is 5.32. The predicted molar refractivity (Wildman–Crippen MR) is 31.5 cm³/mol. The van der Waals surface area contributed by atoms with Gasteiger partial charge in [0.25, 0.3) is 0 Å². The summed E-state index contributed by atoms with van der Waals surface area (Å²) in [6.07, 6.45) is 0.653. The van der Waals surface area contributed by atoms with E-state index in [-0.39, 0.29) is 6.10 Å². The van der Waals surface area contributed by atoms with Gasteiger partial charge in [-0.2, -0.15) is 0 Å². The molecule has 3 nitrogen and oxygen atoms in total. The van der Waals surface area contributed by atoms with Crippen molar-refractivity contribution >= 4 is 0 Å². The van der Waals surface area contributed by atoms with Crippen molar-refractivity contribution in [3.05, 3.63) is 0 Å². The molecule has 8 heavy (non-hydrogen) atoms. The van der Waals surface area contributed by atoms with Crippen LogP contribution in [0.2, 0.25) is 0 Å². The highest BCUT2D eigenvalue weighted by atomic mass is 16.3. The summed E-state index contributed by atoms with van der Waals surface area (Å²) in [4.78, 5) is 0. The van der Waals surface area contributed by atoms with Gasteiger partial charge in [-0.3, -0.25) is 0 Å². The van der Waals surface area contributed by atoms with Crippen LogP contribution >= 0.6 is 0 Å². The van der Waals surface area contributed by atoms with Crippen LogP contribution in [-0.2, 0) is 0 Å². The van der Waals surface area contributed by atoms with Gasteiger partial charge < -0.3 is 16.2 Å². The minimum atomic E-state index is -0.163. The molecule has 1 aliphatic rings. The lowest BCUT2D eigenvalue weighted by Crippen LogP contribution is -2.29. The highest BCUT2D eigenvalue weighted by Crippen LogP contribution is 2.03. The van der Waals surface area contributed by atoms with Crippen molar-refractivity contribution in [1.82, 2.24) is 5.32 Å². The van der Waals surface area contributed by atoms with E-state index in [0.717, 1.165) is 6.42 Å². The van der Waals surface area contributed by atoms with Crippen LogP contribution in [0, 0.1) is 0 Å². The molecular formula is C5H12N2O. The van der Waals surface area contributed by atoms with Crippen LogP contribution in [0.5, 0.6) is 0 Å². The Kier molecular flexibility index (Phi) is 1.83. The highest BCUT2D eigenvalue weighted by Gasteiger charge is 2.19. The molecule has 0 radical (unpaired) electrons. The summed E-state index contributed by atoms with van der Waals surface area (Å²) in [6, 6.07) is 0.352. The van der Waals surface area contributed by atoms with Crippen molar-refractivity contribution in [1.29, 1.82) is 0 Å². The van der Waals surface area contributed by atoms with Crippen LogP contribution in [0.15, 0.2) is 0 Å². The molecule has 0 aliphatic carbocycles. The third-order valence-electron chi connectivity index (χ3n) is 1.48. The van der Waals surface area contributed by atoms with Gasteiger partial charge in [0, 0.05) is 19.1 Å². The van der Waals surface area contributed by atoms with E-state index in [0.29, 0.717) is 19.1 Å². The Balaban J connectivity index is 2.22. The molecule has 0 aromatic rings. The summed E-state index contributed by atoms with van der Waals surface area (Å²) in [6.45, 7) is 1.35. The van der Waals surface area contributed by atoms with Crippen LogP contribution in [-0.4, -0.2) is 30.3 Å². The van der Waals surface area contributed by atoms with Gasteiger partial charge in [0.1, 0.15) is 0 Å². The molecule has 3 heteroatoms. The Bertz CT molecular complexity index is 76.8. The van der Waals surface area contributed by atoms with Gasteiger partial charge in [-0.05, 0) is 6.42 Å². The maximum Gasteiger partial charge on any atom is 0.0680 e. The number of aliphatic hydroxyl groups excluding tert-OH is 1. The van der Waals surface area contributed by atoms with Crippen molar-refractivity contribution < 1.29 is 5.11 Å². The van der Waals surface area contributed by atoms with E-state index in [2.05, 4.69) is 5.32 Å². The molecule has 2 unspecified atom stereocenters. The number of hydrogen-bond acceptors (Lipinski definition) is 3. The number of hydrogen-bond donors (Lipinski definition) is 3. The van der Waals surface area contributed by atoms with Gasteiger partial charge in [-0.25, -0.2) is 0 Å². The maximum atomic E-state index is 8.91. The average molecular weight is 116 g/mol. The predicted octanol–water partition coefficient (Wildman–Crippen LogP) is -1.33. The molecule has 0 saturated carbocycles. The summed E-state index contributed by atoms with van der Waals surface area (Å²) < 4.78 is 0. The van der Waals surface area contributed by atoms with Gasteiger partial charge in [0.15, 0.2) is 0 Å². The zero-order valence-corrected chi connectivity index (χ0v) is 4.80. The maximum absolute atomic E-state index is 8.91. The minimum absolute atomic E-state index is 0.163. The number of rotatable bonds is 1. The molecular weight excluding hydrogens is 104 g/mol. The minimum Gasteiger partial charge on any atom is -0.392 e. The molecule has 48 valence electrons. The van der Waals surface area contributed by atoms with Gasteiger partial charge in [-0.15, -0.1) is 0 Å². The molecule has 1 rings (SSSR count). The molecule has 0 spiro atoms. The topological polar surface area (TPSA) is 58.3 Å². The molecule has 0 amide bonds. The molecule has 4 N–H and O–H groups in total. The molecule has 1 saturated heterocycles. The van der Waals surface area contributed by atoms with Crippen molar-refractivity contribution in [2.45, 2.75) is 18.6 Å². The smallest absolute Gasteiger partial charge is 0.0680 e. The quantitative estimate of drug-likeness (QED) is 0.398. The first-order chi connectivity index (χ1) is 3.83. The van der Waals surface area contributed by atoms with Crippen LogP contribution in [0.3, 0.4) is 0 Å². The zero-order chi connectivity index (χ0) is 5.98. The Labute approximate surface area is 48.9 Å². The average Bonchev–Trinajstić information content (AvgIpc) is 2.14. The molecule has 0 aromatic carbocycles. The Morgan fingerprint density at radius 2 is 2.50 bits per heavy atom. The molecule has 1 aliphatic heterocycles. The van der Waals surface area contributed by atoms with E-state index in [1.165, 1.54) is 0 Å². The molecule has 0 bridgehead atoms. The van der Waals surface area contributed by atoms with Crippen molar-refractivity contribution in [2.75, 3.05) is 13.1 Å². The second-order valence-corrected chi connectivity index (χ2v) is 2.23. The molecule has 1 heterocycles. The molecule has 1 fully saturated rings. The summed E-state index contributed by atoms with van der Waals surface area (Å²) >= 11 is 0. The van der Waals surface area contributed by atoms with Crippen molar-refractivity contribution in [2.24, 2.45) is 5.73 Å². The fourth-order valence-electron chi connectivity index (χ4n) is 0.977. The van der Waals surface area contributed by atoms with Crippen molar-refractivity contribution in [3.63, 3.8) is 0 Å². The first-order valence-corrected chi connectivity index (χ1v) is 2.94. The lowest BCUT2D eigenvalue weighted by atomic mass is 10.2. The second kappa shape index (κ2) is 2.44. The lowest BCUT2D eigenvalue weighted by Gasteiger charge is -2.02. The highest BCUT2D eigenvalue weighted by molar-refractivity contribution is 4.80. The van der Waals surface area contributed by atoms with E-state index < -0.39 is 0 Å². The lowest BCUT2D eigenvalue weighted by molar-refractivity contribution is 0.193. The third-order valence-corrected chi connectivity index (χ3v) is 1.48. The Morgan fingerprint density at radius 1 is 1.75 bits per heavy atom. The van der Waals surface area contributed by atoms with Crippen molar-refractivity contribution in [3.8, 4) is 0 Å². The monoisotopic (exact) mass is 116 g/mol. The summed E-state index contributed by atoms with van der Waals surface area (Å²) in [7, 11) is 0. The Hall–Kier alpha value is -0.120. The molecule has 0 aromatic heterocycles. The zero-order valence-electron chi connectivity index (χ0n) is 4.80. The van der Waals surface area contributed by atoms with Crippen LogP contribution in [0.25, 0.3) is 0 Å². The van der Waals surface area contributed by atoms with E-state index in [1.54, 1.807) is 0 Å². The number of β-amino-alcohol motifs (C(OH)–C–C–N with tert-alkyl or cyclic N) is 1. The second-order valence-electron chi connectivity index (χ2n) is 2.23. The summed E-state index contributed by atoms with van der Waals surface area (Å²) in [5, 5.41) is 12.0. The number of nitrogens with one attached hydrogen (secondary N) is 1. The van der Waals surface area contributed by atoms with Gasteiger partial charge >= 0.3 is 0 Å². The van der Waals surface area contributed by atoms with Crippen LogP contribution in [0.4, 0.5) is 0 Å². The normalized spacial score (nSPS) is 38.2. The van der Waals surface area contributed by atoms with Gasteiger partial charge in [0.2, 0.25) is 0 Å². The van der Waals surface area contributed by atoms with Crippen LogP contribution < -0.4 is 11.1 Å². The largest absolute Gasteiger partial charge is 0.392 e. The summed E-state index contributed by atoms with van der Waals surface area (Å²) in [5.74, 6) is 0. The first kappa shape index (κ1) is 6.01. The van der Waals surface area contributed by atoms with Crippen LogP contribution in [0.1, 0.15) is 6.42 Å². The van der Waals surface area contributed by atoms with E-state index in [4.69, 9.17) is 10.8 Å². The standard InChI is InChI=1S/C5H12N2O/c6-2-4-1-5(8)3-7-4/h4-5,7-8H,1-3,6H2. The van der Waals surface area contributed by atoms with Gasteiger partial charge in [-0.1, -0.05) is 0 Å². The fourth-order valence-corrected chi connectivity index (χ4v) is 0.977. The van der Waals surface area contributed by atoms with E-state index >= 15 is 0 Å². The number of nitrogens with two attached hydrogens (primary N) is 1. The Morgan fingerprint density at radius 3 is 2.75 bits per heavy atom. The number of aliphatic hydroxyl groups is 1. The third kappa shape index (κ3) is 1.18. The van der Waals surface area contributed by atoms with E-state index in [9.17, 15) is 0 Å². The van der Waals surface area contributed by atoms with Gasteiger partial charge in [0.05, 0.1) is 6.10 Å². The molecule has 2 atom stereocenters. The van der Waals surface area contributed by atoms with E-state index in [1.807, 2.05) is 0 Å². The fraction of sp³-hybridized carbons (Fsp3) is 1.00. The first-order valence-electron chi connectivity index (χ1n) is 2.94. The SMILES string of the molecule is NCC1CC(O)CN1.